The topological polar surface area (TPSA) is 87.1 Å². The monoisotopic (exact) mass is 449 g/mol. The van der Waals surface area contributed by atoms with E-state index >= 15 is 0 Å². The zero-order valence-corrected chi connectivity index (χ0v) is 19.7. The highest BCUT2D eigenvalue weighted by Gasteiger charge is 2.15. The van der Waals surface area contributed by atoms with E-state index in [1.165, 1.54) is 12.0 Å². The van der Waals surface area contributed by atoms with Crippen molar-refractivity contribution in [2.75, 3.05) is 43.9 Å². The minimum atomic E-state index is 0.270. The van der Waals surface area contributed by atoms with Crippen LogP contribution in [0.25, 0.3) is 16.6 Å². The number of rotatable bonds is 10. The van der Waals surface area contributed by atoms with Gasteiger partial charge in [-0.1, -0.05) is 6.92 Å². The average Bonchev–Trinajstić information content (AvgIpc) is 3.34. The fraction of sp³-hybridized carbons (Fsp3) is 0.480. The van der Waals surface area contributed by atoms with Crippen LogP contribution in [0.1, 0.15) is 44.6 Å². The van der Waals surface area contributed by atoms with Gasteiger partial charge >= 0.3 is 0 Å². The van der Waals surface area contributed by atoms with E-state index in [-0.39, 0.29) is 5.91 Å². The minimum absolute atomic E-state index is 0.270. The lowest BCUT2D eigenvalue weighted by molar-refractivity contribution is -0.131. The minimum Gasteiger partial charge on any atom is -0.369 e. The molecule has 1 aromatic carbocycles. The highest BCUT2D eigenvalue weighted by molar-refractivity contribution is 5.91. The van der Waals surface area contributed by atoms with Crippen LogP contribution in [-0.2, 0) is 11.3 Å². The molecule has 0 aliphatic carbocycles. The fourth-order valence-corrected chi connectivity index (χ4v) is 4.20. The maximum atomic E-state index is 12.3. The van der Waals surface area contributed by atoms with Crippen LogP contribution in [0.5, 0.6) is 0 Å². The van der Waals surface area contributed by atoms with Crippen molar-refractivity contribution in [1.82, 2.24) is 24.8 Å². The molecule has 8 nitrogen and oxygen atoms in total. The maximum absolute atomic E-state index is 12.3. The number of carbonyl (C=O) groups excluding carboxylic acids is 1. The summed E-state index contributed by atoms with van der Waals surface area (Å²) in [5, 5.41) is 10.9. The van der Waals surface area contributed by atoms with E-state index in [0.717, 1.165) is 67.8 Å². The molecule has 176 valence electrons. The highest BCUT2D eigenvalue weighted by atomic mass is 16.2. The van der Waals surface area contributed by atoms with E-state index in [4.69, 9.17) is 0 Å². The van der Waals surface area contributed by atoms with E-state index in [2.05, 4.69) is 74.1 Å². The molecule has 0 saturated carbocycles. The third kappa shape index (κ3) is 5.82. The number of piperidine rings is 1. The second kappa shape index (κ2) is 11.1. The first-order chi connectivity index (χ1) is 16.2. The van der Waals surface area contributed by atoms with Crippen LogP contribution >= 0.6 is 0 Å². The Hall–Kier alpha value is -3.13. The molecule has 0 bridgehead atoms. The Morgan fingerprint density at radius 1 is 1.09 bits per heavy atom. The first-order valence-electron chi connectivity index (χ1n) is 12.1. The molecule has 0 unspecified atom stereocenters. The molecule has 1 aliphatic heterocycles. The van der Waals surface area contributed by atoms with Crippen LogP contribution in [0.4, 0.5) is 11.8 Å². The summed E-state index contributed by atoms with van der Waals surface area (Å²) in [4.78, 5) is 23.5. The Kier molecular flexibility index (Phi) is 7.78. The average molecular weight is 450 g/mol. The van der Waals surface area contributed by atoms with Crippen LogP contribution in [0.3, 0.4) is 0 Å². The van der Waals surface area contributed by atoms with E-state index in [9.17, 15) is 4.79 Å². The van der Waals surface area contributed by atoms with Gasteiger partial charge in [0, 0.05) is 69.7 Å². The smallest absolute Gasteiger partial charge is 0.224 e. The molecule has 0 spiro atoms. The van der Waals surface area contributed by atoms with Gasteiger partial charge in [-0.2, -0.15) is 4.98 Å². The molecular formula is C25H35N7O. The summed E-state index contributed by atoms with van der Waals surface area (Å²) in [6.07, 6.45) is 9.31. The van der Waals surface area contributed by atoms with E-state index < -0.39 is 0 Å². The van der Waals surface area contributed by atoms with Crippen molar-refractivity contribution in [3.63, 3.8) is 0 Å². The van der Waals surface area contributed by atoms with Crippen molar-refractivity contribution < 1.29 is 4.79 Å². The van der Waals surface area contributed by atoms with Gasteiger partial charge in [0.25, 0.3) is 0 Å². The molecule has 1 saturated heterocycles. The fourth-order valence-electron chi connectivity index (χ4n) is 4.20. The van der Waals surface area contributed by atoms with Crippen LogP contribution in [0.2, 0.25) is 0 Å². The van der Waals surface area contributed by atoms with E-state index in [1.807, 2.05) is 11.9 Å². The third-order valence-corrected chi connectivity index (χ3v) is 6.05. The van der Waals surface area contributed by atoms with E-state index in [1.54, 1.807) is 0 Å². The van der Waals surface area contributed by atoms with Crippen molar-refractivity contribution in [3.05, 3.63) is 42.2 Å². The number of nitrogens with zero attached hydrogens (tertiary/aromatic N) is 4. The number of carbonyl (C=O) groups is 1. The lowest BCUT2D eigenvalue weighted by Gasteiger charge is -2.26. The van der Waals surface area contributed by atoms with Gasteiger partial charge in [0.15, 0.2) is 0 Å². The summed E-state index contributed by atoms with van der Waals surface area (Å²) >= 11 is 0. The van der Waals surface area contributed by atoms with Gasteiger partial charge in [-0.15, -0.1) is 0 Å². The number of anilines is 2. The molecule has 0 radical (unpaired) electrons. The molecule has 33 heavy (non-hydrogen) atoms. The molecular weight excluding hydrogens is 414 g/mol. The highest BCUT2D eigenvalue weighted by Crippen LogP contribution is 2.25. The number of amides is 1. The number of fused-ring (bicyclic) bond motifs is 1. The van der Waals surface area contributed by atoms with Crippen molar-refractivity contribution in [3.8, 4) is 5.69 Å². The van der Waals surface area contributed by atoms with Gasteiger partial charge in [-0.05, 0) is 55.5 Å². The first-order valence-corrected chi connectivity index (χ1v) is 12.1. The summed E-state index contributed by atoms with van der Waals surface area (Å²) in [5.74, 6) is 1.73. The zero-order chi connectivity index (χ0) is 23.0. The molecule has 4 rings (SSSR count). The first kappa shape index (κ1) is 23.0. The normalized spacial score (nSPS) is 13.9. The van der Waals surface area contributed by atoms with Crippen molar-refractivity contribution in [2.45, 2.75) is 45.6 Å². The Bertz CT molecular complexity index is 1070. The van der Waals surface area contributed by atoms with Gasteiger partial charge in [-0.25, -0.2) is 4.98 Å². The number of hydrogen-bond donors (Lipinski definition) is 3. The molecule has 1 fully saturated rings. The van der Waals surface area contributed by atoms with Crippen LogP contribution in [0.15, 0.2) is 36.7 Å². The van der Waals surface area contributed by atoms with Gasteiger partial charge in [0.2, 0.25) is 11.9 Å². The van der Waals surface area contributed by atoms with Crippen LogP contribution in [0, 0.1) is 0 Å². The molecule has 1 amide bonds. The lowest BCUT2D eigenvalue weighted by Crippen LogP contribution is -2.37. The number of aromatic nitrogens is 3. The SMILES string of the molecule is CCCNc1nc(NC)nc2cc(-n3ccc(CNCCC(=O)N4CCCCC4)c3)ccc12. The van der Waals surface area contributed by atoms with Gasteiger partial charge in [0.1, 0.15) is 5.82 Å². The second-order valence-electron chi connectivity index (χ2n) is 8.57. The second-order valence-corrected chi connectivity index (χ2v) is 8.57. The molecule has 1 aliphatic rings. The largest absolute Gasteiger partial charge is 0.369 e. The number of hydrogen-bond acceptors (Lipinski definition) is 6. The third-order valence-electron chi connectivity index (χ3n) is 6.05. The maximum Gasteiger partial charge on any atom is 0.224 e. The summed E-state index contributed by atoms with van der Waals surface area (Å²) in [6, 6.07) is 8.36. The van der Waals surface area contributed by atoms with Gasteiger partial charge in [-0.3, -0.25) is 4.79 Å². The molecule has 8 heteroatoms. The van der Waals surface area contributed by atoms with Gasteiger partial charge in [0.05, 0.1) is 5.52 Å². The molecule has 0 atom stereocenters. The van der Waals surface area contributed by atoms with Crippen LogP contribution in [-0.4, -0.2) is 58.6 Å². The number of benzene rings is 1. The standard InChI is InChI=1S/C25H35N7O/c1-3-11-28-24-21-8-7-20(16-22(21)29-25(26-2)30-24)32-15-10-19(18-32)17-27-12-9-23(33)31-13-5-4-6-14-31/h7-8,10,15-16,18,27H,3-6,9,11-14,17H2,1-2H3,(H2,26,28,29,30). The van der Waals surface area contributed by atoms with Crippen molar-refractivity contribution in [1.29, 1.82) is 0 Å². The summed E-state index contributed by atoms with van der Waals surface area (Å²) < 4.78 is 2.11. The molecule has 3 heterocycles. The van der Waals surface area contributed by atoms with Gasteiger partial charge < -0.3 is 25.4 Å². The predicted molar refractivity (Wildman–Crippen MR) is 134 cm³/mol. The lowest BCUT2D eigenvalue weighted by atomic mass is 10.1. The zero-order valence-electron chi connectivity index (χ0n) is 19.7. The number of nitrogens with one attached hydrogen (secondary N) is 3. The molecule has 3 N–H and O–H groups in total. The molecule has 2 aromatic heterocycles. The van der Waals surface area contributed by atoms with Crippen molar-refractivity contribution >= 4 is 28.6 Å². The Morgan fingerprint density at radius 2 is 1.94 bits per heavy atom. The summed E-state index contributed by atoms with van der Waals surface area (Å²) in [6.45, 7) is 6.29. The van der Waals surface area contributed by atoms with Crippen molar-refractivity contribution in [2.24, 2.45) is 0 Å². The Labute approximate surface area is 195 Å². The summed E-state index contributed by atoms with van der Waals surface area (Å²) in [5.41, 5.74) is 3.13. The van der Waals surface area contributed by atoms with E-state index in [0.29, 0.717) is 18.9 Å². The predicted octanol–water partition coefficient (Wildman–Crippen LogP) is 3.78. The Morgan fingerprint density at radius 3 is 2.73 bits per heavy atom. The quantitative estimate of drug-likeness (QED) is 0.409. The Balaban J connectivity index is 1.38. The number of likely N-dealkylation sites (tertiary alicyclic amines) is 1. The molecule has 3 aromatic rings. The van der Waals surface area contributed by atoms with Crippen LogP contribution < -0.4 is 16.0 Å². The summed E-state index contributed by atoms with van der Waals surface area (Å²) in [7, 11) is 1.83.